The van der Waals surface area contributed by atoms with Crippen molar-refractivity contribution in [3.05, 3.63) is 35.1 Å². The molecule has 4 nitrogen and oxygen atoms in total. The summed E-state index contributed by atoms with van der Waals surface area (Å²) in [4.78, 5) is 25.4. The highest BCUT2D eigenvalue weighted by Crippen LogP contribution is 2.16. The molecule has 1 aliphatic rings. The number of likely N-dealkylation sites (tertiary alicyclic amines) is 1. The maximum Gasteiger partial charge on any atom is 0.254 e. The monoisotopic (exact) mass is 314 g/mol. The third kappa shape index (κ3) is 3.58. The van der Waals surface area contributed by atoms with Crippen molar-refractivity contribution in [3.63, 3.8) is 0 Å². The molecule has 1 saturated heterocycles. The van der Waals surface area contributed by atoms with Crippen LogP contribution in [-0.2, 0) is 4.79 Å². The Labute approximate surface area is 126 Å². The first-order valence-electron chi connectivity index (χ1n) is 7.09. The molecule has 0 aromatic heterocycles. The van der Waals surface area contributed by atoms with Crippen molar-refractivity contribution in [2.75, 3.05) is 19.6 Å². The highest BCUT2D eigenvalue weighted by molar-refractivity contribution is 5.96. The molecule has 2 rings (SSSR count). The summed E-state index contributed by atoms with van der Waals surface area (Å²) >= 11 is 0. The van der Waals surface area contributed by atoms with E-state index in [9.17, 15) is 22.8 Å². The van der Waals surface area contributed by atoms with Crippen molar-refractivity contribution in [1.29, 1.82) is 0 Å². The zero-order chi connectivity index (χ0) is 16.3. The first-order chi connectivity index (χ1) is 10.4. The van der Waals surface area contributed by atoms with Gasteiger partial charge in [-0.1, -0.05) is 6.92 Å². The minimum Gasteiger partial charge on any atom is -0.343 e. The Kier molecular flexibility index (Phi) is 5.05. The number of rotatable bonds is 3. The Morgan fingerprint density at radius 3 is 2.68 bits per heavy atom. The number of carbonyl (C=O) groups is 2. The van der Waals surface area contributed by atoms with Gasteiger partial charge in [0.05, 0.1) is 12.1 Å². The van der Waals surface area contributed by atoms with E-state index in [1.165, 1.54) is 0 Å². The molecular formula is C15H17F3N2O2. The van der Waals surface area contributed by atoms with Crippen molar-refractivity contribution >= 4 is 11.8 Å². The van der Waals surface area contributed by atoms with Gasteiger partial charge in [-0.05, 0) is 30.9 Å². The van der Waals surface area contributed by atoms with E-state index in [2.05, 4.69) is 5.32 Å². The van der Waals surface area contributed by atoms with Gasteiger partial charge in [-0.3, -0.25) is 9.59 Å². The Balaban J connectivity index is 1.95. The van der Waals surface area contributed by atoms with Gasteiger partial charge in [0.2, 0.25) is 5.91 Å². The average Bonchev–Trinajstić information content (AvgIpc) is 2.50. The summed E-state index contributed by atoms with van der Waals surface area (Å²) in [6, 6.07) is 1.51. The molecule has 0 bridgehead atoms. The normalized spacial score (nSPS) is 18.2. The fourth-order valence-electron chi connectivity index (χ4n) is 2.48. The van der Waals surface area contributed by atoms with Gasteiger partial charge in [0.15, 0.2) is 17.5 Å². The minimum absolute atomic E-state index is 0.275. The Bertz CT molecular complexity index is 592. The molecule has 1 aromatic rings. The lowest BCUT2D eigenvalue weighted by Crippen LogP contribution is -2.44. The van der Waals surface area contributed by atoms with Crippen LogP contribution in [0.4, 0.5) is 13.2 Å². The summed E-state index contributed by atoms with van der Waals surface area (Å²) in [6.07, 6.45) is 1.95. The second-order valence-corrected chi connectivity index (χ2v) is 5.49. The predicted octanol–water partition coefficient (Wildman–Crippen LogP) is 2.09. The highest BCUT2D eigenvalue weighted by atomic mass is 19.2. The van der Waals surface area contributed by atoms with Crippen LogP contribution in [0.2, 0.25) is 0 Å². The third-order valence-corrected chi connectivity index (χ3v) is 3.69. The maximum atomic E-state index is 13.5. The molecule has 1 atom stereocenters. The van der Waals surface area contributed by atoms with E-state index in [1.54, 1.807) is 4.90 Å². The number of carbonyl (C=O) groups excluding carboxylic acids is 2. The van der Waals surface area contributed by atoms with E-state index in [4.69, 9.17) is 0 Å². The van der Waals surface area contributed by atoms with Crippen molar-refractivity contribution in [2.24, 2.45) is 5.92 Å². The molecule has 120 valence electrons. The quantitative estimate of drug-likeness (QED) is 0.869. The van der Waals surface area contributed by atoms with Gasteiger partial charge < -0.3 is 10.2 Å². The van der Waals surface area contributed by atoms with E-state index < -0.39 is 28.9 Å². The molecule has 1 aliphatic heterocycles. The van der Waals surface area contributed by atoms with E-state index in [0.717, 1.165) is 18.9 Å². The fraction of sp³-hybridized carbons (Fsp3) is 0.467. The molecule has 1 heterocycles. The molecule has 1 fully saturated rings. The Morgan fingerprint density at radius 1 is 1.27 bits per heavy atom. The standard InChI is InChI=1S/C15H17F3N2O2/c1-9-3-2-6-20(8-9)12(21)7-19-15(22)10-4-5-11(16)14(18)13(10)17/h4-5,9H,2-3,6-8H2,1H3,(H,19,22). The summed E-state index contributed by atoms with van der Waals surface area (Å²) in [5.41, 5.74) is -0.626. The molecule has 2 amide bonds. The molecule has 1 unspecified atom stereocenters. The van der Waals surface area contributed by atoms with Gasteiger partial charge in [0, 0.05) is 13.1 Å². The predicted molar refractivity (Wildman–Crippen MR) is 73.6 cm³/mol. The van der Waals surface area contributed by atoms with Gasteiger partial charge in [0.25, 0.3) is 5.91 Å². The van der Waals surface area contributed by atoms with Crippen molar-refractivity contribution in [3.8, 4) is 0 Å². The third-order valence-electron chi connectivity index (χ3n) is 3.69. The molecule has 0 spiro atoms. The number of hydrogen-bond donors (Lipinski definition) is 1. The molecule has 0 radical (unpaired) electrons. The lowest BCUT2D eigenvalue weighted by molar-refractivity contribution is -0.131. The molecule has 7 heteroatoms. The van der Waals surface area contributed by atoms with Crippen LogP contribution in [0.3, 0.4) is 0 Å². The molecule has 22 heavy (non-hydrogen) atoms. The lowest BCUT2D eigenvalue weighted by Gasteiger charge is -2.31. The van der Waals surface area contributed by atoms with Crippen LogP contribution in [0.25, 0.3) is 0 Å². The van der Waals surface area contributed by atoms with E-state index in [0.29, 0.717) is 25.1 Å². The molecular weight excluding hydrogens is 297 g/mol. The summed E-state index contributed by atoms with van der Waals surface area (Å²) in [7, 11) is 0. The van der Waals surface area contributed by atoms with Gasteiger partial charge in [0.1, 0.15) is 0 Å². The number of benzene rings is 1. The number of hydrogen-bond acceptors (Lipinski definition) is 2. The fourth-order valence-corrected chi connectivity index (χ4v) is 2.48. The van der Waals surface area contributed by atoms with Crippen LogP contribution >= 0.6 is 0 Å². The first kappa shape index (κ1) is 16.3. The van der Waals surface area contributed by atoms with Crippen molar-refractivity contribution < 1.29 is 22.8 Å². The lowest BCUT2D eigenvalue weighted by atomic mass is 10.0. The van der Waals surface area contributed by atoms with Gasteiger partial charge in [-0.15, -0.1) is 0 Å². The number of piperidine rings is 1. The SMILES string of the molecule is CC1CCCN(C(=O)CNC(=O)c2ccc(F)c(F)c2F)C1. The molecule has 0 saturated carbocycles. The summed E-state index contributed by atoms with van der Waals surface area (Å²) in [5.74, 6) is -5.46. The average molecular weight is 314 g/mol. The minimum atomic E-state index is -1.70. The number of amides is 2. The Hall–Kier alpha value is -2.05. The van der Waals surface area contributed by atoms with Crippen molar-refractivity contribution in [1.82, 2.24) is 10.2 Å². The van der Waals surface area contributed by atoms with Crippen molar-refractivity contribution in [2.45, 2.75) is 19.8 Å². The second kappa shape index (κ2) is 6.81. The summed E-state index contributed by atoms with van der Waals surface area (Å²) in [6.45, 7) is 2.98. The van der Waals surface area contributed by atoms with Crippen LogP contribution in [-0.4, -0.2) is 36.3 Å². The number of nitrogens with zero attached hydrogens (tertiary/aromatic N) is 1. The van der Waals surface area contributed by atoms with Crippen LogP contribution in [0.5, 0.6) is 0 Å². The van der Waals surface area contributed by atoms with Gasteiger partial charge in [-0.25, -0.2) is 13.2 Å². The zero-order valence-corrected chi connectivity index (χ0v) is 12.2. The highest BCUT2D eigenvalue weighted by Gasteiger charge is 2.23. The maximum absolute atomic E-state index is 13.5. The molecule has 0 aliphatic carbocycles. The van der Waals surface area contributed by atoms with E-state index in [-0.39, 0.29) is 12.5 Å². The van der Waals surface area contributed by atoms with E-state index in [1.807, 2.05) is 6.92 Å². The molecule has 1 N–H and O–H groups in total. The van der Waals surface area contributed by atoms with Crippen LogP contribution in [0, 0.1) is 23.4 Å². The van der Waals surface area contributed by atoms with Gasteiger partial charge in [-0.2, -0.15) is 0 Å². The number of halogens is 3. The smallest absolute Gasteiger partial charge is 0.254 e. The summed E-state index contributed by atoms with van der Waals surface area (Å²) in [5, 5.41) is 2.24. The second-order valence-electron chi connectivity index (χ2n) is 5.49. The summed E-state index contributed by atoms with van der Waals surface area (Å²) < 4.78 is 39.4. The van der Waals surface area contributed by atoms with Crippen LogP contribution in [0.1, 0.15) is 30.1 Å². The topological polar surface area (TPSA) is 49.4 Å². The Morgan fingerprint density at radius 2 is 2.00 bits per heavy atom. The zero-order valence-electron chi connectivity index (χ0n) is 12.2. The molecule has 1 aromatic carbocycles. The van der Waals surface area contributed by atoms with E-state index >= 15 is 0 Å². The van der Waals surface area contributed by atoms with Crippen LogP contribution < -0.4 is 5.32 Å². The van der Waals surface area contributed by atoms with Crippen LogP contribution in [0.15, 0.2) is 12.1 Å². The number of nitrogens with one attached hydrogen (secondary N) is 1. The van der Waals surface area contributed by atoms with Gasteiger partial charge >= 0.3 is 0 Å². The first-order valence-corrected chi connectivity index (χ1v) is 7.09. The largest absolute Gasteiger partial charge is 0.343 e.